The third kappa shape index (κ3) is 3.54. The van der Waals surface area contributed by atoms with Crippen molar-refractivity contribution in [3.8, 4) is 0 Å². The third-order valence-corrected chi connectivity index (χ3v) is 2.62. The largest absolute Gasteiger partial charge is 0.370 e. The molecule has 2 N–H and O–H groups in total. The molecular formula is C13H14ClFN4. The molecule has 0 radical (unpaired) electrons. The lowest BCUT2D eigenvalue weighted by Crippen LogP contribution is -2.04. The fourth-order valence-electron chi connectivity index (χ4n) is 1.63. The average molecular weight is 281 g/mol. The minimum Gasteiger partial charge on any atom is -0.370 e. The molecule has 0 aliphatic carbocycles. The molecule has 0 spiro atoms. The van der Waals surface area contributed by atoms with E-state index in [1.165, 1.54) is 6.07 Å². The molecule has 0 amide bonds. The zero-order valence-electron chi connectivity index (χ0n) is 10.7. The number of benzene rings is 1. The van der Waals surface area contributed by atoms with Crippen molar-refractivity contribution in [1.29, 1.82) is 0 Å². The van der Waals surface area contributed by atoms with Crippen LogP contribution in [0.1, 0.15) is 12.7 Å². The number of halogens is 2. The molecule has 0 aliphatic heterocycles. The standard InChI is InChI=1S/C13H14ClFN4/c1-3-16-12-7-13(18-8(2)17-12)19-11-5-4-9(14)6-10(11)15/h4-7H,3H2,1-2H3,(H2,16,17,18,19). The highest BCUT2D eigenvalue weighted by Gasteiger charge is 2.06. The van der Waals surface area contributed by atoms with Crippen molar-refractivity contribution in [1.82, 2.24) is 9.97 Å². The second-order valence-corrected chi connectivity index (χ2v) is 4.40. The lowest BCUT2D eigenvalue weighted by Gasteiger charge is -2.10. The first kappa shape index (κ1) is 13.5. The Morgan fingerprint density at radius 3 is 2.63 bits per heavy atom. The number of nitrogens with one attached hydrogen (secondary N) is 2. The number of aryl methyl sites for hydroxylation is 1. The summed E-state index contributed by atoms with van der Waals surface area (Å²) in [5.41, 5.74) is 0.324. The second kappa shape index (κ2) is 5.84. The molecule has 0 saturated carbocycles. The van der Waals surface area contributed by atoms with E-state index < -0.39 is 5.82 Å². The van der Waals surface area contributed by atoms with Gasteiger partial charge < -0.3 is 10.6 Å². The van der Waals surface area contributed by atoms with Crippen LogP contribution in [0.2, 0.25) is 5.02 Å². The average Bonchev–Trinajstić information content (AvgIpc) is 2.32. The number of aromatic nitrogens is 2. The number of anilines is 3. The maximum atomic E-state index is 13.7. The maximum Gasteiger partial charge on any atom is 0.148 e. The first-order chi connectivity index (χ1) is 9.08. The fourth-order valence-corrected chi connectivity index (χ4v) is 1.79. The van der Waals surface area contributed by atoms with Crippen molar-refractivity contribution in [2.45, 2.75) is 13.8 Å². The van der Waals surface area contributed by atoms with E-state index in [1.54, 1.807) is 25.1 Å². The Hall–Kier alpha value is -1.88. The highest BCUT2D eigenvalue weighted by Crippen LogP contribution is 2.23. The summed E-state index contributed by atoms with van der Waals surface area (Å²) in [6, 6.07) is 6.17. The number of nitrogens with zero attached hydrogens (tertiary/aromatic N) is 2. The van der Waals surface area contributed by atoms with Crippen LogP contribution in [0.3, 0.4) is 0 Å². The van der Waals surface area contributed by atoms with Gasteiger partial charge in [0.1, 0.15) is 23.3 Å². The molecule has 6 heteroatoms. The molecule has 0 saturated heterocycles. The van der Waals surface area contributed by atoms with Gasteiger partial charge in [-0.2, -0.15) is 0 Å². The van der Waals surface area contributed by atoms with Crippen LogP contribution >= 0.6 is 11.6 Å². The molecule has 0 atom stereocenters. The van der Waals surface area contributed by atoms with Gasteiger partial charge in [0.05, 0.1) is 5.69 Å². The van der Waals surface area contributed by atoms with E-state index in [-0.39, 0.29) is 0 Å². The summed E-state index contributed by atoms with van der Waals surface area (Å²) in [4.78, 5) is 8.44. The molecule has 1 aromatic heterocycles. The van der Waals surface area contributed by atoms with Crippen LogP contribution in [-0.2, 0) is 0 Å². The van der Waals surface area contributed by atoms with Gasteiger partial charge in [-0.3, -0.25) is 0 Å². The maximum absolute atomic E-state index is 13.7. The first-order valence-corrected chi connectivity index (χ1v) is 6.28. The van der Waals surface area contributed by atoms with Gasteiger partial charge in [-0.25, -0.2) is 14.4 Å². The van der Waals surface area contributed by atoms with Crippen LogP contribution in [0, 0.1) is 12.7 Å². The zero-order valence-corrected chi connectivity index (χ0v) is 11.4. The van der Waals surface area contributed by atoms with E-state index in [0.717, 1.165) is 6.54 Å². The van der Waals surface area contributed by atoms with Crippen molar-refractivity contribution in [3.63, 3.8) is 0 Å². The molecule has 4 nitrogen and oxygen atoms in total. The van der Waals surface area contributed by atoms with E-state index in [2.05, 4.69) is 20.6 Å². The van der Waals surface area contributed by atoms with Gasteiger partial charge in [-0.05, 0) is 32.0 Å². The van der Waals surface area contributed by atoms with Gasteiger partial charge in [0.25, 0.3) is 0 Å². The van der Waals surface area contributed by atoms with Crippen LogP contribution in [0.4, 0.5) is 21.7 Å². The van der Waals surface area contributed by atoms with Gasteiger partial charge in [0.2, 0.25) is 0 Å². The summed E-state index contributed by atoms with van der Waals surface area (Å²) in [6.45, 7) is 4.51. The Morgan fingerprint density at radius 1 is 1.21 bits per heavy atom. The Kier molecular flexibility index (Phi) is 4.16. The quantitative estimate of drug-likeness (QED) is 0.895. The molecular weight excluding hydrogens is 267 g/mol. The zero-order chi connectivity index (χ0) is 13.8. The van der Waals surface area contributed by atoms with Crippen LogP contribution in [0.5, 0.6) is 0 Å². The van der Waals surface area contributed by atoms with Crippen LogP contribution < -0.4 is 10.6 Å². The number of hydrogen-bond acceptors (Lipinski definition) is 4. The van der Waals surface area contributed by atoms with E-state index in [0.29, 0.717) is 28.2 Å². The molecule has 0 aliphatic rings. The van der Waals surface area contributed by atoms with Gasteiger partial charge in [-0.15, -0.1) is 0 Å². The SMILES string of the molecule is CCNc1cc(Nc2ccc(Cl)cc2F)nc(C)n1. The summed E-state index contributed by atoms with van der Waals surface area (Å²) < 4.78 is 13.7. The highest BCUT2D eigenvalue weighted by atomic mass is 35.5. The van der Waals surface area contributed by atoms with Crippen LogP contribution in [0.15, 0.2) is 24.3 Å². The second-order valence-electron chi connectivity index (χ2n) is 3.97. The molecule has 0 unspecified atom stereocenters. The van der Waals surface area contributed by atoms with E-state index in [1.807, 2.05) is 6.92 Å². The summed E-state index contributed by atoms with van der Waals surface area (Å²) in [7, 11) is 0. The molecule has 2 aromatic rings. The summed E-state index contributed by atoms with van der Waals surface area (Å²) in [6.07, 6.45) is 0. The molecule has 19 heavy (non-hydrogen) atoms. The van der Waals surface area contributed by atoms with E-state index in [9.17, 15) is 4.39 Å². The first-order valence-electron chi connectivity index (χ1n) is 5.90. The lowest BCUT2D eigenvalue weighted by atomic mass is 10.3. The van der Waals surface area contributed by atoms with Gasteiger partial charge >= 0.3 is 0 Å². The smallest absolute Gasteiger partial charge is 0.148 e. The fraction of sp³-hybridized carbons (Fsp3) is 0.231. The summed E-state index contributed by atoms with van der Waals surface area (Å²) in [5.74, 6) is 1.42. The summed E-state index contributed by atoms with van der Waals surface area (Å²) in [5, 5.41) is 6.36. The van der Waals surface area contributed by atoms with Crippen molar-refractivity contribution in [3.05, 3.63) is 40.9 Å². The normalized spacial score (nSPS) is 10.3. The minimum atomic E-state index is -0.422. The van der Waals surface area contributed by atoms with Crippen molar-refractivity contribution >= 4 is 28.9 Å². The van der Waals surface area contributed by atoms with Crippen molar-refractivity contribution < 1.29 is 4.39 Å². The molecule has 1 heterocycles. The Labute approximate surface area is 116 Å². The predicted octanol–water partition coefficient (Wildman–Crippen LogP) is 3.75. The van der Waals surface area contributed by atoms with Gasteiger partial charge in [0.15, 0.2) is 0 Å². The molecule has 1 aromatic carbocycles. The Balaban J connectivity index is 2.27. The predicted molar refractivity (Wildman–Crippen MR) is 75.6 cm³/mol. The van der Waals surface area contributed by atoms with Crippen molar-refractivity contribution in [2.24, 2.45) is 0 Å². The van der Waals surface area contributed by atoms with Crippen LogP contribution in [-0.4, -0.2) is 16.5 Å². The van der Waals surface area contributed by atoms with Gasteiger partial charge in [-0.1, -0.05) is 11.6 Å². The minimum absolute atomic E-state index is 0.324. The van der Waals surface area contributed by atoms with E-state index in [4.69, 9.17) is 11.6 Å². The topological polar surface area (TPSA) is 49.8 Å². The number of hydrogen-bond donors (Lipinski definition) is 2. The molecule has 0 fully saturated rings. The molecule has 100 valence electrons. The summed E-state index contributed by atoms with van der Waals surface area (Å²) >= 11 is 5.71. The van der Waals surface area contributed by atoms with E-state index >= 15 is 0 Å². The number of rotatable bonds is 4. The molecule has 2 rings (SSSR count). The van der Waals surface area contributed by atoms with Gasteiger partial charge in [0, 0.05) is 17.6 Å². The third-order valence-electron chi connectivity index (χ3n) is 2.39. The molecule has 0 bridgehead atoms. The Morgan fingerprint density at radius 2 is 1.95 bits per heavy atom. The monoisotopic (exact) mass is 280 g/mol. The Bertz CT molecular complexity index is 589. The lowest BCUT2D eigenvalue weighted by molar-refractivity contribution is 0.632. The van der Waals surface area contributed by atoms with Crippen molar-refractivity contribution in [2.75, 3.05) is 17.2 Å². The van der Waals surface area contributed by atoms with Crippen LogP contribution in [0.25, 0.3) is 0 Å². The highest BCUT2D eigenvalue weighted by molar-refractivity contribution is 6.30.